The third-order valence-corrected chi connectivity index (χ3v) is 2.91. The van der Waals surface area contributed by atoms with Crippen molar-refractivity contribution in [1.82, 2.24) is 14.9 Å². The largest absolute Gasteiger partial charge is 0.394 e. The van der Waals surface area contributed by atoms with Gasteiger partial charge in [0, 0.05) is 18.3 Å². The summed E-state index contributed by atoms with van der Waals surface area (Å²) >= 11 is 0. The molecule has 0 saturated heterocycles. The van der Waals surface area contributed by atoms with Crippen LogP contribution in [0.2, 0.25) is 0 Å². The highest BCUT2D eigenvalue weighted by Crippen LogP contribution is 2.11. The molecule has 0 radical (unpaired) electrons. The number of aromatic nitrogens is 2. The van der Waals surface area contributed by atoms with Crippen molar-refractivity contribution in [3.63, 3.8) is 0 Å². The Hall–Kier alpha value is -1.43. The molecule has 2 rings (SSSR count). The van der Waals surface area contributed by atoms with Crippen molar-refractivity contribution in [2.45, 2.75) is 19.0 Å². The van der Waals surface area contributed by atoms with E-state index in [2.05, 4.69) is 10.4 Å². The van der Waals surface area contributed by atoms with Crippen LogP contribution >= 0.6 is 0 Å². The highest BCUT2D eigenvalue weighted by molar-refractivity contribution is 5.53. The number of fused-ring (bicyclic) bond motifs is 1. The third kappa shape index (κ3) is 2.46. The SMILES string of the molecule is CC(CO)(CO)NCc1cnn2ccccc12. The molecule has 17 heavy (non-hydrogen) atoms. The topological polar surface area (TPSA) is 69.8 Å². The number of nitrogens with one attached hydrogen (secondary N) is 1. The second-order valence-electron chi connectivity index (χ2n) is 4.43. The maximum absolute atomic E-state index is 9.18. The van der Waals surface area contributed by atoms with Gasteiger partial charge in [0.05, 0.1) is 30.5 Å². The highest BCUT2D eigenvalue weighted by Gasteiger charge is 2.21. The summed E-state index contributed by atoms with van der Waals surface area (Å²) in [5.74, 6) is 0. The molecule has 2 heterocycles. The second kappa shape index (κ2) is 4.83. The molecule has 92 valence electrons. The Labute approximate surface area is 99.7 Å². The molecule has 0 amide bonds. The molecule has 0 saturated carbocycles. The molecule has 2 aromatic heterocycles. The Morgan fingerprint density at radius 2 is 2.12 bits per heavy atom. The Balaban J connectivity index is 2.14. The number of pyridine rings is 1. The van der Waals surface area contributed by atoms with E-state index in [1.54, 1.807) is 17.6 Å². The van der Waals surface area contributed by atoms with Crippen molar-refractivity contribution in [2.75, 3.05) is 13.2 Å². The smallest absolute Gasteiger partial charge is 0.0706 e. The monoisotopic (exact) mass is 235 g/mol. The van der Waals surface area contributed by atoms with Crippen LogP contribution in [-0.2, 0) is 6.54 Å². The Morgan fingerprint density at radius 3 is 2.82 bits per heavy atom. The summed E-state index contributed by atoms with van der Waals surface area (Å²) in [6.07, 6.45) is 3.67. The first kappa shape index (κ1) is 12.0. The summed E-state index contributed by atoms with van der Waals surface area (Å²) in [6.45, 7) is 2.12. The van der Waals surface area contributed by atoms with Crippen molar-refractivity contribution in [1.29, 1.82) is 0 Å². The van der Waals surface area contributed by atoms with Gasteiger partial charge in [0.2, 0.25) is 0 Å². The lowest BCUT2D eigenvalue weighted by atomic mass is 10.1. The van der Waals surface area contributed by atoms with E-state index in [-0.39, 0.29) is 13.2 Å². The lowest BCUT2D eigenvalue weighted by Gasteiger charge is -2.26. The van der Waals surface area contributed by atoms with Crippen LogP contribution in [0, 0.1) is 0 Å². The first-order chi connectivity index (χ1) is 8.18. The molecular weight excluding hydrogens is 218 g/mol. The predicted molar refractivity (Wildman–Crippen MR) is 64.6 cm³/mol. The van der Waals surface area contributed by atoms with Crippen molar-refractivity contribution < 1.29 is 10.2 Å². The average Bonchev–Trinajstić information content (AvgIpc) is 2.79. The van der Waals surface area contributed by atoms with E-state index in [1.807, 2.05) is 24.4 Å². The molecule has 0 aromatic carbocycles. The molecule has 0 spiro atoms. The fourth-order valence-corrected chi connectivity index (χ4v) is 1.59. The van der Waals surface area contributed by atoms with Crippen LogP contribution in [0.3, 0.4) is 0 Å². The Morgan fingerprint density at radius 1 is 1.35 bits per heavy atom. The number of aliphatic hydroxyl groups is 2. The molecule has 5 heteroatoms. The van der Waals surface area contributed by atoms with E-state index in [0.717, 1.165) is 11.1 Å². The molecule has 0 aliphatic heterocycles. The number of hydrogen-bond acceptors (Lipinski definition) is 4. The molecule has 0 aliphatic rings. The van der Waals surface area contributed by atoms with Gasteiger partial charge in [-0.15, -0.1) is 0 Å². The number of aliphatic hydroxyl groups excluding tert-OH is 2. The molecular formula is C12H17N3O2. The number of hydrogen-bond donors (Lipinski definition) is 3. The normalized spacial score (nSPS) is 12.2. The van der Waals surface area contributed by atoms with Crippen LogP contribution in [0.15, 0.2) is 30.6 Å². The van der Waals surface area contributed by atoms with E-state index in [1.165, 1.54) is 0 Å². The highest BCUT2D eigenvalue weighted by atomic mass is 16.3. The van der Waals surface area contributed by atoms with Crippen LogP contribution in [0.25, 0.3) is 5.52 Å². The zero-order chi connectivity index (χ0) is 12.3. The van der Waals surface area contributed by atoms with Crippen LogP contribution < -0.4 is 5.32 Å². The standard InChI is InChI=1S/C12H17N3O2/c1-12(8-16,9-17)13-6-10-7-14-15-5-3-2-4-11(10)15/h2-5,7,13,16-17H,6,8-9H2,1H3. The van der Waals surface area contributed by atoms with Crippen molar-refractivity contribution in [2.24, 2.45) is 0 Å². The van der Waals surface area contributed by atoms with Gasteiger partial charge < -0.3 is 15.5 Å². The lowest BCUT2D eigenvalue weighted by molar-refractivity contribution is 0.103. The maximum Gasteiger partial charge on any atom is 0.0706 e. The minimum Gasteiger partial charge on any atom is -0.394 e. The van der Waals surface area contributed by atoms with Gasteiger partial charge >= 0.3 is 0 Å². The van der Waals surface area contributed by atoms with Crippen LogP contribution in [0.1, 0.15) is 12.5 Å². The zero-order valence-corrected chi connectivity index (χ0v) is 9.80. The number of rotatable bonds is 5. The zero-order valence-electron chi connectivity index (χ0n) is 9.80. The summed E-state index contributed by atoms with van der Waals surface area (Å²) in [5, 5.41) is 25.7. The van der Waals surface area contributed by atoms with Crippen molar-refractivity contribution in [3.05, 3.63) is 36.2 Å². The third-order valence-electron chi connectivity index (χ3n) is 2.91. The van der Waals surface area contributed by atoms with E-state index in [0.29, 0.717) is 6.54 Å². The fourth-order valence-electron chi connectivity index (χ4n) is 1.59. The summed E-state index contributed by atoms with van der Waals surface area (Å²) in [7, 11) is 0. The molecule has 5 nitrogen and oxygen atoms in total. The molecule has 3 N–H and O–H groups in total. The minimum absolute atomic E-state index is 0.108. The average molecular weight is 235 g/mol. The number of nitrogens with zero attached hydrogens (tertiary/aromatic N) is 2. The van der Waals surface area contributed by atoms with Crippen LogP contribution in [0.5, 0.6) is 0 Å². The molecule has 0 fully saturated rings. The quantitative estimate of drug-likeness (QED) is 0.691. The lowest BCUT2D eigenvalue weighted by Crippen LogP contribution is -2.48. The maximum atomic E-state index is 9.18. The van der Waals surface area contributed by atoms with E-state index < -0.39 is 5.54 Å². The van der Waals surface area contributed by atoms with Crippen LogP contribution in [-0.4, -0.2) is 38.6 Å². The molecule has 0 atom stereocenters. The van der Waals surface area contributed by atoms with Gasteiger partial charge in [-0.2, -0.15) is 5.10 Å². The van der Waals surface area contributed by atoms with E-state index in [4.69, 9.17) is 0 Å². The summed E-state index contributed by atoms with van der Waals surface area (Å²) in [6, 6.07) is 5.86. The molecule has 0 aliphatic carbocycles. The summed E-state index contributed by atoms with van der Waals surface area (Å²) < 4.78 is 1.80. The van der Waals surface area contributed by atoms with Crippen molar-refractivity contribution >= 4 is 5.52 Å². The van der Waals surface area contributed by atoms with E-state index in [9.17, 15) is 10.2 Å². The predicted octanol–water partition coefficient (Wildman–Crippen LogP) is 0.167. The van der Waals surface area contributed by atoms with Crippen molar-refractivity contribution in [3.8, 4) is 0 Å². The second-order valence-corrected chi connectivity index (χ2v) is 4.43. The minimum atomic E-state index is -0.664. The van der Waals surface area contributed by atoms with Gasteiger partial charge in [0.25, 0.3) is 0 Å². The fraction of sp³-hybridized carbons (Fsp3) is 0.417. The molecule has 0 unspecified atom stereocenters. The van der Waals surface area contributed by atoms with E-state index >= 15 is 0 Å². The van der Waals surface area contributed by atoms with Gasteiger partial charge in [-0.1, -0.05) is 6.07 Å². The van der Waals surface area contributed by atoms with Crippen LogP contribution in [0.4, 0.5) is 0 Å². The molecule has 2 aromatic rings. The van der Waals surface area contributed by atoms with Gasteiger partial charge in [-0.05, 0) is 19.1 Å². The Kier molecular flexibility index (Phi) is 3.42. The van der Waals surface area contributed by atoms with Gasteiger partial charge in [-0.25, -0.2) is 4.52 Å². The summed E-state index contributed by atoms with van der Waals surface area (Å²) in [4.78, 5) is 0. The molecule has 0 bridgehead atoms. The Bertz CT molecular complexity index is 491. The van der Waals surface area contributed by atoms with Gasteiger partial charge in [-0.3, -0.25) is 0 Å². The summed E-state index contributed by atoms with van der Waals surface area (Å²) in [5.41, 5.74) is 1.40. The first-order valence-electron chi connectivity index (χ1n) is 5.56. The van der Waals surface area contributed by atoms with Gasteiger partial charge in [0.1, 0.15) is 0 Å². The first-order valence-corrected chi connectivity index (χ1v) is 5.56. The van der Waals surface area contributed by atoms with Gasteiger partial charge in [0.15, 0.2) is 0 Å².